The molecule has 1 heterocycles. The van der Waals surface area contributed by atoms with Crippen LogP contribution in [0.15, 0.2) is 30.3 Å². The van der Waals surface area contributed by atoms with E-state index in [1.54, 1.807) is 12.1 Å². The smallest absolute Gasteiger partial charge is 0.141 e. The van der Waals surface area contributed by atoms with Crippen LogP contribution >= 0.6 is 0 Å². The SMILES string of the molecule is CCc1nc(C)ccc1OCc1ccc(F)c(CN)c1. The molecule has 0 bridgehead atoms. The number of rotatable bonds is 5. The second kappa shape index (κ2) is 6.48. The van der Waals surface area contributed by atoms with Crippen molar-refractivity contribution in [2.75, 3.05) is 0 Å². The van der Waals surface area contributed by atoms with Crippen LogP contribution in [0.5, 0.6) is 5.75 Å². The minimum Gasteiger partial charge on any atom is -0.487 e. The molecule has 0 aliphatic rings. The van der Waals surface area contributed by atoms with Crippen molar-refractivity contribution in [2.24, 2.45) is 5.73 Å². The van der Waals surface area contributed by atoms with Crippen LogP contribution in [-0.2, 0) is 19.6 Å². The molecule has 0 radical (unpaired) electrons. The number of ether oxygens (including phenoxy) is 1. The van der Waals surface area contributed by atoms with E-state index in [4.69, 9.17) is 10.5 Å². The Balaban J connectivity index is 2.12. The molecule has 0 unspecified atom stereocenters. The molecule has 0 aliphatic carbocycles. The summed E-state index contributed by atoms with van der Waals surface area (Å²) in [6.45, 7) is 4.56. The normalized spacial score (nSPS) is 10.6. The Kier molecular flexibility index (Phi) is 4.69. The Morgan fingerprint density at radius 1 is 1.25 bits per heavy atom. The van der Waals surface area contributed by atoms with Crippen molar-refractivity contribution in [1.82, 2.24) is 4.98 Å². The van der Waals surface area contributed by atoms with Gasteiger partial charge in [-0.25, -0.2) is 4.39 Å². The van der Waals surface area contributed by atoms with E-state index < -0.39 is 0 Å². The largest absolute Gasteiger partial charge is 0.487 e. The van der Waals surface area contributed by atoms with E-state index in [-0.39, 0.29) is 12.4 Å². The zero-order valence-electron chi connectivity index (χ0n) is 11.8. The van der Waals surface area contributed by atoms with Crippen LogP contribution in [0.4, 0.5) is 4.39 Å². The fourth-order valence-corrected chi connectivity index (χ4v) is 2.02. The van der Waals surface area contributed by atoms with Crippen LogP contribution in [0.1, 0.15) is 29.4 Å². The summed E-state index contributed by atoms with van der Waals surface area (Å²) in [5.74, 6) is 0.499. The predicted molar refractivity (Wildman–Crippen MR) is 77.0 cm³/mol. The highest BCUT2D eigenvalue weighted by atomic mass is 19.1. The number of benzene rings is 1. The van der Waals surface area contributed by atoms with Crippen molar-refractivity contribution >= 4 is 0 Å². The topological polar surface area (TPSA) is 48.1 Å². The highest BCUT2D eigenvalue weighted by Gasteiger charge is 2.06. The van der Waals surface area contributed by atoms with E-state index in [9.17, 15) is 4.39 Å². The lowest BCUT2D eigenvalue weighted by Gasteiger charge is -2.11. The molecule has 2 aromatic rings. The van der Waals surface area contributed by atoms with Gasteiger partial charge in [-0.15, -0.1) is 0 Å². The average molecular weight is 274 g/mol. The molecule has 0 saturated heterocycles. The predicted octanol–water partition coefficient (Wildman–Crippen LogP) is 3.13. The molecule has 20 heavy (non-hydrogen) atoms. The molecule has 1 aromatic carbocycles. The van der Waals surface area contributed by atoms with Crippen LogP contribution in [0.25, 0.3) is 0 Å². The second-order valence-corrected chi connectivity index (χ2v) is 4.67. The van der Waals surface area contributed by atoms with Gasteiger partial charge in [-0.3, -0.25) is 4.98 Å². The third kappa shape index (κ3) is 3.33. The molecule has 0 amide bonds. The number of aryl methyl sites for hydroxylation is 2. The van der Waals surface area contributed by atoms with Gasteiger partial charge in [-0.2, -0.15) is 0 Å². The number of hydrogen-bond acceptors (Lipinski definition) is 3. The van der Waals surface area contributed by atoms with Crippen molar-refractivity contribution in [3.63, 3.8) is 0 Å². The first kappa shape index (κ1) is 14.5. The van der Waals surface area contributed by atoms with Gasteiger partial charge in [0.2, 0.25) is 0 Å². The van der Waals surface area contributed by atoms with Crippen molar-refractivity contribution < 1.29 is 9.13 Å². The first-order valence-corrected chi connectivity index (χ1v) is 6.70. The van der Waals surface area contributed by atoms with Crippen molar-refractivity contribution in [3.8, 4) is 5.75 Å². The minimum absolute atomic E-state index is 0.186. The number of aromatic nitrogens is 1. The summed E-state index contributed by atoms with van der Waals surface area (Å²) in [6.07, 6.45) is 0.814. The Bertz CT molecular complexity index is 599. The molecule has 0 saturated carbocycles. The van der Waals surface area contributed by atoms with Gasteiger partial charge in [0.15, 0.2) is 0 Å². The van der Waals surface area contributed by atoms with E-state index in [2.05, 4.69) is 4.98 Å². The highest BCUT2D eigenvalue weighted by Crippen LogP contribution is 2.19. The molecule has 2 rings (SSSR count). The monoisotopic (exact) mass is 274 g/mol. The van der Waals surface area contributed by atoms with Crippen molar-refractivity contribution in [2.45, 2.75) is 33.4 Å². The highest BCUT2D eigenvalue weighted by molar-refractivity contribution is 5.30. The van der Waals surface area contributed by atoms with Gasteiger partial charge < -0.3 is 10.5 Å². The molecular formula is C16H19FN2O. The minimum atomic E-state index is -0.275. The molecule has 0 spiro atoms. The Labute approximate surface area is 118 Å². The summed E-state index contributed by atoms with van der Waals surface area (Å²) in [4.78, 5) is 4.45. The molecule has 0 aliphatic heterocycles. The van der Waals surface area contributed by atoms with Gasteiger partial charge in [0.25, 0.3) is 0 Å². The number of pyridine rings is 1. The number of nitrogens with zero attached hydrogens (tertiary/aromatic N) is 1. The number of hydrogen-bond donors (Lipinski definition) is 1. The zero-order chi connectivity index (χ0) is 14.5. The fourth-order valence-electron chi connectivity index (χ4n) is 2.02. The van der Waals surface area contributed by atoms with Crippen molar-refractivity contribution in [1.29, 1.82) is 0 Å². The third-order valence-electron chi connectivity index (χ3n) is 3.13. The molecule has 106 valence electrons. The lowest BCUT2D eigenvalue weighted by Crippen LogP contribution is -2.04. The molecule has 2 N–H and O–H groups in total. The maximum absolute atomic E-state index is 13.4. The molecule has 0 fully saturated rings. The summed E-state index contributed by atoms with van der Waals surface area (Å²) >= 11 is 0. The first-order chi connectivity index (χ1) is 9.63. The number of nitrogens with two attached hydrogens (primary N) is 1. The van der Waals surface area contributed by atoms with E-state index in [1.807, 2.05) is 26.0 Å². The van der Waals surface area contributed by atoms with Crippen LogP contribution in [0.2, 0.25) is 0 Å². The van der Waals surface area contributed by atoms with E-state index in [0.717, 1.165) is 29.1 Å². The second-order valence-electron chi connectivity index (χ2n) is 4.67. The van der Waals surface area contributed by atoms with Gasteiger partial charge in [0.05, 0.1) is 5.69 Å². The molecule has 0 atom stereocenters. The molecular weight excluding hydrogens is 255 g/mol. The summed E-state index contributed by atoms with van der Waals surface area (Å²) < 4.78 is 19.1. The Hall–Kier alpha value is -1.94. The quantitative estimate of drug-likeness (QED) is 0.911. The van der Waals surface area contributed by atoms with E-state index in [0.29, 0.717) is 12.2 Å². The van der Waals surface area contributed by atoms with Gasteiger partial charge in [0.1, 0.15) is 18.2 Å². The van der Waals surface area contributed by atoms with Crippen LogP contribution in [-0.4, -0.2) is 4.98 Å². The van der Waals surface area contributed by atoms with E-state index in [1.165, 1.54) is 6.07 Å². The fraction of sp³-hybridized carbons (Fsp3) is 0.312. The lowest BCUT2D eigenvalue weighted by molar-refractivity contribution is 0.301. The standard InChI is InChI=1S/C16H19FN2O/c1-3-15-16(7-4-11(2)19-15)20-10-12-5-6-14(17)13(8-12)9-18/h4-8H,3,9-10,18H2,1-2H3. The van der Waals surface area contributed by atoms with Crippen LogP contribution < -0.4 is 10.5 Å². The van der Waals surface area contributed by atoms with Gasteiger partial charge in [-0.05, 0) is 43.2 Å². The van der Waals surface area contributed by atoms with Gasteiger partial charge >= 0.3 is 0 Å². The summed E-state index contributed by atoms with van der Waals surface area (Å²) in [7, 11) is 0. The third-order valence-corrected chi connectivity index (χ3v) is 3.13. The molecule has 4 heteroatoms. The van der Waals surface area contributed by atoms with Gasteiger partial charge in [0, 0.05) is 17.8 Å². The lowest BCUT2D eigenvalue weighted by atomic mass is 10.1. The van der Waals surface area contributed by atoms with Crippen molar-refractivity contribution in [3.05, 3.63) is 58.7 Å². The van der Waals surface area contributed by atoms with E-state index >= 15 is 0 Å². The molecule has 3 nitrogen and oxygen atoms in total. The van der Waals surface area contributed by atoms with Crippen LogP contribution in [0, 0.1) is 12.7 Å². The first-order valence-electron chi connectivity index (χ1n) is 6.70. The average Bonchev–Trinajstić information content (AvgIpc) is 2.47. The maximum atomic E-state index is 13.4. The molecule has 1 aromatic heterocycles. The summed E-state index contributed by atoms with van der Waals surface area (Å²) in [6, 6.07) is 8.72. The maximum Gasteiger partial charge on any atom is 0.141 e. The summed E-state index contributed by atoms with van der Waals surface area (Å²) in [5, 5.41) is 0. The Morgan fingerprint density at radius 3 is 2.75 bits per heavy atom. The van der Waals surface area contributed by atoms with Gasteiger partial charge in [-0.1, -0.05) is 13.0 Å². The van der Waals surface area contributed by atoms with Crippen LogP contribution in [0.3, 0.4) is 0 Å². The summed E-state index contributed by atoms with van der Waals surface area (Å²) in [5.41, 5.74) is 8.81. The zero-order valence-corrected chi connectivity index (χ0v) is 11.8. The number of halogens is 1. The Morgan fingerprint density at radius 2 is 2.05 bits per heavy atom.